The number of anilines is 1. The van der Waals surface area contributed by atoms with Crippen LogP contribution in [0.5, 0.6) is 0 Å². The zero-order valence-electron chi connectivity index (χ0n) is 13.5. The number of rotatable bonds is 6. The van der Waals surface area contributed by atoms with E-state index < -0.39 is 20.4 Å². The van der Waals surface area contributed by atoms with Gasteiger partial charge in [-0.25, -0.2) is 12.8 Å². The van der Waals surface area contributed by atoms with Crippen LogP contribution in [-0.2, 0) is 15.3 Å². The van der Waals surface area contributed by atoms with Crippen LogP contribution in [0.25, 0.3) is 0 Å². The Balaban J connectivity index is 1.85. The Labute approximate surface area is 144 Å². The lowest BCUT2D eigenvalue weighted by Gasteiger charge is -2.18. The molecule has 1 N–H and O–H groups in total. The molecular formula is C17H17FN2O4S. The molecule has 1 aliphatic carbocycles. The molecule has 0 aromatic heterocycles. The van der Waals surface area contributed by atoms with E-state index in [2.05, 4.69) is 5.32 Å². The number of sulfone groups is 1. The fourth-order valence-corrected chi connectivity index (χ4v) is 3.79. The topological polar surface area (TPSA) is 89.3 Å². The molecule has 1 fully saturated rings. The maximum Gasteiger partial charge on any atom is 0.288 e. The first kappa shape index (κ1) is 17.3. The second kappa shape index (κ2) is 6.11. The quantitative estimate of drug-likeness (QED) is 0.628. The van der Waals surface area contributed by atoms with E-state index in [0.717, 1.165) is 19.1 Å². The third-order valence-electron chi connectivity index (χ3n) is 4.49. The lowest BCUT2D eigenvalue weighted by molar-refractivity contribution is -0.387. The van der Waals surface area contributed by atoms with Gasteiger partial charge in [0.05, 0.1) is 4.92 Å². The van der Waals surface area contributed by atoms with Gasteiger partial charge in [-0.15, -0.1) is 0 Å². The van der Waals surface area contributed by atoms with Crippen molar-refractivity contribution in [3.8, 4) is 0 Å². The minimum Gasteiger partial charge on any atom is -0.384 e. The van der Waals surface area contributed by atoms with Crippen LogP contribution in [0.3, 0.4) is 0 Å². The maximum absolute atomic E-state index is 14.0. The number of hydrogen-bond donors (Lipinski definition) is 1. The van der Waals surface area contributed by atoms with Gasteiger partial charge in [0, 0.05) is 30.0 Å². The summed E-state index contributed by atoms with van der Waals surface area (Å²) in [7, 11) is -3.74. The van der Waals surface area contributed by atoms with Crippen LogP contribution in [0.2, 0.25) is 0 Å². The molecule has 0 heterocycles. The van der Waals surface area contributed by atoms with Gasteiger partial charge in [-0.05, 0) is 36.6 Å². The Morgan fingerprint density at radius 1 is 1.24 bits per heavy atom. The van der Waals surface area contributed by atoms with Crippen LogP contribution >= 0.6 is 0 Å². The van der Waals surface area contributed by atoms with E-state index in [1.54, 1.807) is 18.2 Å². The first-order valence-electron chi connectivity index (χ1n) is 7.70. The predicted octanol–water partition coefficient (Wildman–Crippen LogP) is 3.28. The number of halogens is 1. The predicted molar refractivity (Wildman–Crippen MR) is 92.0 cm³/mol. The second-order valence-corrected chi connectivity index (χ2v) is 8.31. The van der Waals surface area contributed by atoms with E-state index in [1.165, 1.54) is 24.3 Å². The number of nitro groups is 1. The third-order valence-corrected chi connectivity index (χ3v) is 5.61. The molecule has 0 amide bonds. The molecular weight excluding hydrogens is 347 g/mol. The average Bonchev–Trinajstić information content (AvgIpc) is 3.33. The van der Waals surface area contributed by atoms with Gasteiger partial charge < -0.3 is 5.32 Å². The molecule has 0 spiro atoms. The Morgan fingerprint density at radius 3 is 2.48 bits per heavy atom. The molecule has 0 bridgehead atoms. The summed E-state index contributed by atoms with van der Waals surface area (Å²) < 4.78 is 37.6. The fourth-order valence-electron chi connectivity index (χ4n) is 2.93. The summed E-state index contributed by atoms with van der Waals surface area (Å²) in [4.78, 5) is 9.95. The normalized spacial score (nSPS) is 15.6. The third kappa shape index (κ3) is 3.48. The molecule has 25 heavy (non-hydrogen) atoms. The molecule has 0 aliphatic heterocycles. The van der Waals surface area contributed by atoms with Crippen LogP contribution in [0.15, 0.2) is 47.4 Å². The van der Waals surface area contributed by atoms with Crippen molar-refractivity contribution in [1.82, 2.24) is 0 Å². The molecule has 0 unspecified atom stereocenters. The van der Waals surface area contributed by atoms with Crippen molar-refractivity contribution in [2.45, 2.75) is 23.2 Å². The summed E-state index contributed by atoms with van der Waals surface area (Å²) in [6, 6.07) is 10.5. The van der Waals surface area contributed by atoms with Crippen LogP contribution < -0.4 is 5.32 Å². The summed E-state index contributed by atoms with van der Waals surface area (Å²) in [6.07, 6.45) is 2.58. The van der Waals surface area contributed by atoms with Gasteiger partial charge in [0.25, 0.3) is 5.69 Å². The van der Waals surface area contributed by atoms with Gasteiger partial charge in [-0.2, -0.15) is 0 Å². The van der Waals surface area contributed by atoms with Crippen molar-refractivity contribution in [2.24, 2.45) is 0 Å². The summed E-state index contributed by atoms with van der Waals surface area (Å²) in [5.74, 6) is -0.262. The van der Waals surface area contributed by atoms with E-state index >= 15 is 0 Å². The zero-order valence-corrected chi connectivity index (χ0v) is 14.3. The van der Waals surface area contributed by atoms with Gasteiger partial charge >= 0.3 is 0 Å². The van der Waals surface area contributed by atoms with Crippen molar-refractivity contribution in [1.29, 1.82) is 0 Å². The standard InChI is InChI=1S/C17H17FN2O4S/c1-25(23,24)16-10-12(6-7-15(16)20(21)22)19-11-17(8-9-17)13-4-2-3-5-14(13)18/h2-7,10,19H,8-9,11H2,1H3. The zero-order chi connectivity index (χ0) is 18.2. The highest BCUT2D eigenvalue weighted by Crippen LogP contribution is 2.49. The highest BCUT2D eigenvalue weighted by molar-refractivity contribution is 7.90. The van der Waals surface area contributed by atoms with Crippen LogP contribution in [-0.4, -0.2) is 26.1 Å². The number of nitro benzene ring substituents is 1. The first-order valence-corrected chi connectivity index (χ1v) is 9.59. The molecule has 0 radical (unpaired) electrons. The lowest BCUT2D eigenvalue weighted by atomic mass is 9.95. The van der Waals surface area contributed by atoms with E-state index in [0.29, 0.717) is 17.8 Å². The van der Waals surface area contributed by atoms with E-state index in [9.17, 15) is 22.9 Å². The first-order chi connectivity index (χ1) is 11.7. The van der Waals surface area contributed by atoms with Gasteiger partial charge in [0.15, 0.2) is 9.84 Å². The summed E-state index contributed by atoms with van der Waals surface area (Å²) in [5.41, 5.74) is 0.308. The highest BCUT2D eigenvalue weighted by atomic mass is 32.2. The molecule has 1 saturated carbocycles. The molecule has 1 aliphatic rings. The highest BCUT2D eigenvalue weighted by Gasteiger charge is 2.45. The smallest absolute Gasteiger partial charge is 0.288 e. The van der Waals surface area contributed by atoms with Crippen molar-refractivity contribution < 1.29 is 17.7 Å². The largest absolute Gasteiger partial charge is 0.384 e. The molecule has 0 atom stereocenters. The van der Waals surface area contributed by atoms with Gasteiger partial charge in [0.1, 0.15) is 10.7 Å². The molecule has 6 nitrogen and oxygen atoms in total. The Kier molecular flexibility index (Phi) is 4.24. The number of nitrogens with zero attached hydrogens (tertiary/aromatic N) is 1. The van der Waals surface area contributed by atoms with Crippen LogP contribution in [0.1, 0.15) is 18.4 Å². The number of nitrogens with one attached hydrogen (secondary N) is 1. The monoisotopic (exact) mass is 364 g/mol. The Bertz CT molecular complexity index is 939. The van der Waals surface area contributed by atoms with Crippen molar-refractivity contribution >= 4 is 21.2 Å². The van der Waals surface area contributed by atoms with Crippen LogP contribution in [0, 0.1) is 15.9 Å². The lowest BCUT2D eigenvalue weighted by Crippen LogP contribution is -2.21. The summed E-state index contributed by atoms with van der Waals surface area (Å²) in [5, 5.41) is 14.1. The summed E-state index contributed by atoms with van der Waals surface area (Å²) in [6.45, 7) is 0.426. The maximum atomic E-state index is 14.0. The molecule has 132 valence electrons. The number of benzene rings is 2. The van der Waals surface area contributed by atoms with Crippen LogP contribution in [0.4, 0.5) is 15.8 Å². The van der Waals surface area contributed by atoms with Gasteiger partial charge in [-0.3, -0.25) is 10.1 Å². The fraction of sp³-hybridized carbons (Fsp3) is 0.294. The van der Waals surface area contributed by atoms with Gasteiger partial charge in [0.2, 0.25) is 0 Å². The average molecular weight is 364 g/mol. The molecule has 3 rings (SSSR count). The molecule has 2 aromatic rings. The van der Waals surface area contributed by atoms with Crippen molar-refractivity contribution in [2.75, 3.05) is 18.1 Å². The molecule has 0 saturated heterocycles. The second-order valence-electron chi connectivity index (χ2n) is 6.33. The van der Waals surface area contributed by atoms with E-state index in [-0.39, 0.29) is 16.1 Å². The minimum atomic E-state index is -3.74. The Hall–Kier alpha value is -2.48. The molecule has 2 aromatic carbocycles. The minimum absolute atomic E-state index is 0.262. The van der Waals surface area contributed by atoms with Gasteiger partial charge in [-0.1, -0.05) is 18.2 Å². The summed E-state index contributed by atoms with van der Waals surface area (Å²) >= 11 is 0. The van der Waals surface area contributed by atoms with Crippen molar-refractivity contribution in [3.05, 3.63) is 64.0 Å². The number of hydrogen-bond acceptors (Lipinski definition) is 5. The SMILES string of the molecule is CS(=O)(=O)c1cc(NCC2(c3ccccc3F)CC2)ccc1[N+](=O)[O-]. The Morgan fingerprint density at radius 2 is 1.92 bits per heavy atom. The van der Waals surface area contributed by atoms with Crippen molar-refractivity contribution in [3.63, 3.8) is 0 Å². The van der Waals surface area contributed by atoms with E-state index in [1.807, 2.05) is 0 Å². The molecule has 8 heteroatoms. The van der Waals surface area contributed by atoms with E-state index in [4.69, 9.17) is 0 Å².